The third kappa shape index (κ3) is 5.96. The van der Waals surface area contributed by atoms with Crippen molar-refractivity contribution in [2.24, 2.45) is 4.99 Å². The van der Waals surface area contributed by atoms with Gasteiger partial charge in [-0.2, -0.15) is 0 Å². The molecule has 1 unspecified atom stereocenters. The molecule has 0 radical (unpaired) electrons. The highest BCUT2D eigenvalue weighted by atomic mass is 16.5. The average Bonchev–Trinajstić information content (AvgIpc) is 3.26. The Morgan fingerprint density at radius 2 is 2.04 bits per heavy atom. The molecule has 2 N–H and O–H groups in total. The molecule has 3 rings (SSSR count). The number of guanidine groups is 1. The molecule has 1 atom stereocenters. The number of hydrogen-bond acceptors (Lipinski definition) is 3. The zero-order chi connectivity index (χ0) is 19.6. The summed E-state index contributed by atoms with van der Waals surface area (Å²) in [4.78, 5) is 18.5. The van der Waals surface area contributed by atoms with Crippen molar-refractivity contribution >= 4 is 11.9 Å². The van der Waals surface area contributed by atoms with E-state index in [2.05, 4.69) is 39.9 Å². The molecule has 2 aliphatic rings. The Morgan fingerprint density at radius 3 is 2.86 bits per heavy atom. The van der Waals surface area contributed by atoms with Crippen LogP contribution in [0.25, 0.3) is 0 Å². The van der Waals surface area contributed by atoms with E-state index in [1.165, 1.54) is 17.5 Å². The number of aliphatic imine (C=N–C) groups is 1. The average molecular weight is 387 g/mol. The van der Waals surface area contributed by atoms with Crippen LogP contribution in [-0.2, 0) is 16.0 Å². The molecule has 0 spiro atoms. The molecule has 6 heteroatoms. The van der Waals surface area contributed by atoms with Gasteiger partial charge in [-0.15, -0.1) is 0 Å². The summed E-state index contributed by atoms with van der Waals surface area (Å²) in [6.07, 6.45) is 6.82. The molecule has 0 bridgehead atoms. The Kier molecular flexibility index (Phi) is 8.15. The number of amides is 1. The number of rotatable bonds is 8. The third-order valence-electron chi connectivity index (χ3n) is 5.42. The fraction of sp³-hybridized carbons (Fsp3) is 0.636. The van der Waals surface area contributed by atoms with Gasteiger partial charge in [0.25, 0.3) is 0 Å². The van der Waals surface area contributed by atoms with E-state index in [1.807, 2.05) is 11.8 Å². The highest BCUT2D eigenvalue weighted by Crippen LogP contribution is 2.32. The number of fused-ring (bicyclic) bond motifs is 1. The largest absolute Gasteiger partial charge is 0.373 e. The maximum atomic E-state index is 12.1. The maximum absolute atomic E-state index is 12.1. The van der Waals surface area contributed by atoms with Gasteiger partial charge >= 0.3 is 0 Å². The van der Waals surface area contributed by atoms with E-state index in [0.717, 1.165) is 64.9 Å². The maximum Gasteiger partial charge on any atom is 0.244 e. The number of benzene rings is 1. The zero-order valence-corrected chi connectivity index (χ0v) is 17.1. The van der Waals surface area contributed by atoms with Crippen LogP contribution in [0.1, 0.15) is 56.3 Å². The van der Waals surface area contributed by atoms with Crippen LogP contribution < -0.4 is 10.6 Å². The first-order chi connectivity index (χ1) is 13.8. The lowest BCUT2D eigenvalue weighted by Gasteiger charge is -2.25. The Balaban J connectivity index is 1.38. The van der Waals surface area contributed by atoms with Gasteiger partial charge in [0.1, 0.15) is 6.54 Å². The van der Waals surface area contributed by atoms with Crippen LogP contribution in [-0.4, -0.2) is 56.1 Å². The van der Waals surface area contributed by atoms with Gasteiger partial charge in [0.15, 0.2) is 5.96 Å². The summed E-state index contributed by atoms with van der Waals surface area (Å²) in [7, 11) is 0. The summed E-state index contributed by atoms with van der Waals surface area (Å²) in [6.45, 7) is 6.27. The number of aryl methyl sites for hydroxylation is 1. The summed E-state index contributed by atoms with van der Waals surface area (Å²) in [5, 5.41) is 6.52. The first-order valence-corrected chi connectivity index (χ1v) is 10.8. The van der Waals surface area contributed by atoms with E-state index < -0.39 is 0 Å². The minimum Gasteiger partial charge on any atom is -0.373 e. The van der Waals surface area contributed by atoms with E-state index in [0.29, 0.717) is 5.96 Å². The van der Waals surface area contributed by atoms with E-state index >= 15 is 0 Å². The lowest BCUT2D eigenvalue weighted by atomic mass is 9.89. The quantitative estimate of drug-likeness (QED) is 0.410. The molecule has 1 saturated heterocycles. The number of nitrogens with zero attached hydrogens (tertiary/aromatic N) is 2. The summed E-state index contributed by atoms with van der Waals surface area (Å²) in [5.74, 6) is 0.826. The van der Waals surface area contributed by atoms with Gasteiger partial charge in [0.05, 0.1) is 6.10 Å². The van der Waals surface area contributed by atoms with Crippen molar-refractivity contribution in [3.8, 4) is 0 Å². The van der Waals surface area contributed by atoms with E-state index in [4.69, 9.17) is 4.74 Å². The second-order valence-corrected chi connectivity index (χ2v) is 7.51. The van der Waals surface area contributed by atoms with Crippen LogP contribution in [0, 0.1) is 0 Å². The van der Waals surface area contributed by atoms with Crippen LogP contribution in [0.3, 0.4) is 0 Å². The van der Waals surface area contributed by atoms with Crippen molar-refractivity contribution in [3.05, 3.63) is 35.4 Å². The predicted molar refractivity (Wildman–Crippen MR) is 112 cm³/mol. The lowest BCUT2D eigenvalue weighted by molar-refractivity contribution is -0.128. The van der Waals surface area contributed by atoms with Crippen LogP contribution in [0.4, 0.5) is 0 Å². The number of nitrogens with one attached hydrogen (secondary N) is 2. The van der Waals surface area contributed by atoms with Gasteiger partial charge in [0.2, 0.25) is 5.91 Å². The summed E-state index contributed by atoms with van der Waals surface area (Å²) in [6, 6.07) is 8.63. The topological polar surface area (TPSA) is 66.0 Å². The molecule has 1 aromatic carbocycles. The van der Waals surface area contributed by atoms with Gasteiger partial charge in [-0.05, 0) is 56.6 Å². The molecule has 0 aromatic heterocycles. The fourth-order valence-electron chi connectivity index (χ4n) is 3.94. The van der Waals surface area contributed by atoms with Gasteiger partial charge < -0.3 is 20.3 Å². The first kappa shape index (κ1) is 20.6. The van der Waals surface area contributed by atoms with E-state index in [1.54, 1.807) is 0 Å². The molecule has 28 heavy (non-hydrogen) atoms. The second-order valence-electron chi connectivity index (χ2n) is 7.51. The number of carbonyl (C=O) groups excluding carboxylic acids is 1. The van der Waals surface area contributed by atoms with Gasteiger partial charge in [0, 0.05) is 32.8 Å². The van der Waals surface area contributed by atoms with Gasteiger partial charge in [-0.1, -0.05) is 24.3 Å². The SMILES string of the molecule is CCNC(=NCC(=O)N1CCCC1)NCCCOC1CCCc2ccccc21. The van der Waals surface area contributed by atoms with Gasteiger partial charge in [-0.3, -0.25) is 4.79 Å². The highest BCUT2D eigenvalue weighted by molar-refractivity contribution is 5.85. The van der Waals surface area contributed by atoms with Crippen molar-refractivity contribution < 1.29 is 9.53 Å². The first-order valence-electron chi connectivity index (χ1n) is 10.8. The van der Waals surface area contributed by atoms with Crippen molar-refractivity contribution in [3.63, 3.8) is 0 Å². The number of hydrogen-bond donors (Lipinski definition) is 2. The number of ether oxygens (including phenoxy) is 1. The minimum atomic E-state index is 0.119. The molecule has 1 amide bonds. The van der Waals surface area contributed by atoms with Crippen LogP contribution >= 0.6 is 0 Å². The molecule has 154 valence electrons. The molecule has 1 aliphatic carbocycles. The van der Waals surface area contributed by atoms with Crippen molar-refractivity contribution in [2.75, 3.05) is 39.3 Å². The molecular weight excluding hydrogens is 352 g/mol. The number of likely N-dealkylation sites (tertiary alicyclic amines) is 1. The summed E-state index contributed by atoms with van der Waals surface area (Å²) in [5.41, 5.74) is 2.79. The Bertz CT molecular complexity index is 656. The Hall–Kier alpha value is -2.08. The monoisotopic (exact) mass is 386 g/mol. The molecule has 6 nitrogen and oxygen atoms in total. The highest BCUT2D eigenvalue weighted by Gasteiger charge is 2.20. The minimum absolute atomic E-state index is 0.119. The molecule has 0 saturated carbocycles. The van der Waals surface area contributed by atoms with E-state index in [9.17, 15) is 4.79 Å². The predicted octanol–water partition coefficient (Wildman–Crippen LogP) is 2.65. The molecular formula is C22H34N4O2. The van der Waals surface area contributed by atoms with Crippen LogP contribution in [0.5, 0.6) is 0 Å². The molecule has 1 aliphatic heterocycles. The zero-order valence-electron chi connectivity index (χ0n) is 17.1. The lowest BCUT2D eigenvalue weighted by Crippen LogP contribution is -2.39. The molecule has 1 fully saturated rings. The third-order valence-corrected chi connectivity index (χ3v) is 5.42. The standard InChI is InChI=1S/C22H34N4O2/c1-2-23-22(25-17-21(27)26-14-5-6-15-26)24-13-8-16-28-20-12-7-10-18-9-3-4-11-19(18)20/h3-4,9,11,20H,2,5-8,10,12-17H2,1H3,(H2,23,24,25). The van der Waals surface area contributed by atoms with Crippen molar-refractivity contribution in [1.82, 2.24) is 15.5 Å². The normalized spacial score (nSPS) is 19.4. The molecule has 1 aromatic rings. The Morgan fingerprint density at radius 1 is 1.21 bits per heavy atom. The second kappa shape index (κ2) is 11.1. The summed E-state index contributed by atoms with van der Waals surface area (Å²) < 4.78 is 6.16. The smallest absolute Gasteiger partial charge is 0.244 e. The van der Waals surface area contributed by atoms with Crippen LogP contribution in [0.2, 0.25) is 0 Å². The Labute approximate surface area is 168 Å². The fourth-order valence-corrected chi connectivity index (χ4v) is 3.94. The molecule has 1 heterocycles. The van der Waals surface area contributed by atoms with Gasteiger partial charge in [-0.25, -0.2) is 4.99 Å². The number of carbonyl (C=O) groups is 1. The summed E-state index contributed by atoms with van der Waals surface area (Å²) >= 11 is 0. The van der Waals surface area contributed by atoms with Crippen molar-refractivity contribution in [1.29, 1.82) is 0 Å². The van der Waals surface area contributed by atoms with Crippen molar-refractivity contribution in [2.45, 2.75) is 51.6 Å². The van der Waals surface area contributed by atoms with Crippen LogP contribution in [0.15, 0.2) is 29.3 Å². The van der Waals surface area contributed by atoms with E-state index in [-0.39, 0.29) is 18.6 Å².